The van der Waals surface area contributed by atoms with Crippen LogP contribution in [0.25, 0.3) is 0 Å². The number of rotatable bonds is 4. The number of hydrogen-bond donors (Lipinski definition) is 1. The molecule has 1 heterocycles. The first-order valence-electron chi connectivity index (χ1n) is 5.33. The van der Waals surface area contributed by atoms with E-state index in [1.54, 1.807) is 11.3 Å². The Morgan fingerprint density at radius 1 is 1.25 bits per heavy atom. The Balaban J connectivity index is 2.32. The van der Waals surface area contributed by atoms with Crippen LogP contribution in [0.1, 0.15) is 23.4 Å². The van der Waals surface area contributed by atoms with Gasteiger partial charge in [-0.15, -0.1) is 11.3 Å². The smallest absolute Gasteiger partial charge is 0.124 e. The molecule has 0 fully saturated rings. The summed E-state index contributed by atoms with van der Waals surface area (Å²) in [7, 11) is 0. The lowest BCUT2D eigenvalue weighted by atomic mass is 10.1. The van der Waals surface area contributed by atoms with Crippen LogP contribution < -0.4 is 10.5 Å². The van der Waals surface area contributed by atoms with Crippen molar-refractivity contribution in [1.29, 1.82) is 0 Å². The van der Waals surface area contributed by atoms with Crippen LogP contribution >= 0.6 is 11.3 Å². The van der Waals surface area contributed by atoms with Crippen LogP contribution in [-0.2, 0) is 0 Å². The van der Waals surface area contributed by atoms with Crippen molar-refractivity contribution in [2.45, 2.75) is 13.0 Å². The molecule has 84 valence electrons. The van der Waals surface area contributed by atoms with Crippen molar-refractivity contribution in [2.24, 2.45) is 5.73 Å². The summed E-state index contributed by atoms with van der Waals surface area (Å²) >= 11 is 1.67. The largest absolute Gasteiger partial charge is 0.494 e. The molecular weight excluding hydrogens is 218 g/mol. The first kappa shape index (κ1) is 11.2. The van der Waals surface area contributed by atoms with Gasteiger partial charge in [-0.05, 0) is 24.4 Å². The summed E-state index contributed by atoms with van der Waals surface area (Å²) < 4.78 is 5.58. The zero-order valence-electron chi connectivity index (χ0n) is 9.22. The van der Waals surface area contributed by atoms with Crippen molar-refractivity contribution in [1.82, 2.24) is 0 Å². The quantitative estimate of drug-likeness (QED) is 0.880. The molecule has 0 spiro atoms. The molecule has 0 radical (unpaired) electrons. The first-order valence-corrected chi connectivity index (χ1v) is 6.21. The van der Waals surface area contributed by atoms with E-state index in [1.165, 1.54) is 0 Å². The number of hydrogen-bond acceptors (Lipinski definition) is 3. The summed E-state index contributed by atoms with van der Waals surface area (Å²) in [4.78, 5) is 1.16. The molecule has 0 unspecified atom stereocenters. The van der Waals surface area contributed by atoms with Gasteiger partial charge in [0.15, 0.2) is 0 Å². The maximum absolute atomic E-state index is 6.22. The van der Waals surface area contributed by atoms with Crippen molar-refractivity contribution in [2.75, 3.05) is 6.61 Å². The Hall–Kier alpha value is -1.32. The van der Waals surface area contributed by atoms with Gasteiger partial charge in [0.1, 0.15) is 5.75 Å². The van der Waals surface area contributed by atoms with E-state index in [4.69, 9.17) is 10.5 Å². The molecular formula is C13H15NOS. The normalized spacial score (nSPS) is 12.4. The highest BCUT2D eigenvalue weighted by molar-refractivity contribution is 7.10. The van der Waals surface area contributed by atoms with E-state index >= 15 is 0 Å². The van der Waals surface area contributed by atoms with Gasteiger partial charge in [-0.2, -0.15) is 0 Å². The summed E-state index contributed by atoms with van der Waals surface area (Å²) in [6.45, 7) is 2.64. The molecule has 0 saturated carbocycles. The third kappa shape index (κ3) is 2.26. The van der Waals surface area contributed by atoms with Crippen molar-refractivity contribution < 1.29 is 4.74 Å². The topological polar surface area (TPSA) is 35.2 Å². The van der Waals surface area contributed by atoms with Gasteiger partial charge in [0.05, 0.1) is 12.6 Å². The van der Waals surface area contributed by atoms with Crippen molar-refractivity contribution in [3.8, 4) is 5.75 Å². The van der Waals surface area contributed by atoms with Crippen molar-refractivity contribution >= 4 is 11.3 Å². The standard InChI is InChI=1S/C13H15NOS/c1-2-15-11-7-4-3-6-10(11)13(14)12-8-5-9-16-12/h3-9,13H,2,14H2,1H3/t13-/m0/s1. The Morgan fingerprint density at radius 3 is 2.75 bits per heavy atom. The molecule has 3 heteroatoms. The van der Waals surface area contributed by atoms with Gasteiger partial charge in [-0.1, -0.05) is 24.3 Å². The Bertz CT molecular complexity index is 439. The molecule has 0 aliphatic heterocycles. The van der Waals surface area contributed by atoms with Crippen molar-refractivity contribution in [3.05, 3.63) is 52.2 Å². The second-order valence-corrected chi connectivity index (χ2v) is 4.44. The fraction of sp³-hybridized carbons (Fsp3) is 0.231. The second-order valence-electron chi connectivity index (χ2n) is 3.46. The summed E-state index contributed by atoms with van der Waals surface area (Å²) in [5, 5.41) is 2.04. The number of ether oxygens (including phenoxy) is 1. The van der Waals surface area contributed by atoms with E-state index in [-0.39, 0.29) is 6.04 Å². The van der Waals surface area contributed by atoms with Gasteiger partial charge in [0.25, 0.3) is 0 Å². The predicted octanol–water partition coefficient (Wildman–Crippen LogP) is 3.19. The third-order valence-corrected chi connectivity index (χ3v) is 3.36. The zero-order chi connectivity index (χ0) is 11.4. The van der Waals surface area contributed by atoms with Gasteiger partial charge >= 0.3 is 0 Å². The van der Waals surface area contributed by atoms with Crippen molar-refractivity contribution in [3.63, 3.8) is 0 Å². The number of thiophene rings is 1. The SMILES string of the molecule is CCOc1ccccc1[C@H](N)c1cccs1. The van der Waals surface area contributed by atoms with Crippen LogP contribution in [0.15, 0.2) is 41.8 Å². The molecule has 2 rings (SSSR count). The van der Waals surface area contributed by atoms with Gasteiger partial charge < -0.3 is 10.5 Å². The lowest BCUT2D eigenvalue weighted by Gasteiger charge is -2.15. The average molecular weight is 233 g/mol. The summed E-state index contributed by atoms with van der Waals surface area (Å²) in [6.07, 6.45) is 0. The number of para-hydroxylation sites is 1. The first-order chi connectivity index (χ1) is 7.83. The minimum Gasteiger partial charge on any atom is -0.494 e. The number of benzene rings is 1. The van der Waals surface area contributed by atoms with E-state index in [2.05, 4.69) is 6.07 Å². The fourth-order valence-electron chi connectivity index (χ4n) is 1.65. The molecule has 2 aromatic rings. The molecule has 0 aliphatic carbocycles. The summed E-state index contributed by atoms with van der Waals surface area (Å²) in [5.41, 5.74) is 7.27. The van der Waals surface area contributed by atoms with E-state index in [1.807, 2.05) is 42.6 Å². The molecule has 2 N–H and O–H groups in total. The highest BCUT2D eigenvalue weighted by atomic mass is 32.1. The van der Waals surface area contributed by atoms with E-state index in [0.717, 1.165) is 16.2 Å². The van der Waals surface area contributed by atoms with E-state index in [0.29, 0.717) is 6.61 Å². The maximum atomic E-state index is 6.22. The summed E-state index contributed by atoms with van der Waals surface area (Å²) in [5.74, 6) is 0.880. The van der Waals surface area contributed by atoms with Gasteiger partial charge in [-0.3, -0.25) is 0 Å². The van der Waals surface area contributed by atoms with Crippen LogP contribution in [-0.4, -0.2) is 6.61 Å². The highest BCUT2D eigenvalue weighted by Crippen LogP contribution is 2.30. The lowest BCUT2D eigenvalue weighted by Crippen LogP contribution is -2.12. The molecule has 1 aromatic carbocycles. The monoisotopic (exact) mass is 233 g/mol. The third-order valence-electron chi connectivity index (χ3n) is 2.40. The molecule has 1 aromatic heterocycles. The average Bonchev–Trinajstić information content (AvgIpc) is 2.83. The molecule has 0 saturated heterocycles. The van der Waals surface area contributed by atoms with Crippen LogP contribution in [0.2, 0.25) is 0 Å². The Labute approximate surface area is 99.7 Å². The second kappa shape index (κ2) is 5.14. The Morgan fingerprint density at radius 2 is 2.06 bits per heavy atom. The maximum Gasteiger partial charge on any atom is 0.124 e. The minimum atomic E-state index is -0.0947. The lowest BCUT2D eigenvalue weighted by molar-refractivity contribution is 0.335. The van der Waals surface area contributed by atoms with Crippen LogP contribution in [0.3, 0.4) is 0 Å². The van der Waals surface area contributed by atoms with Crippen LogP contribution in [0.5, 0.6) is 5.75 Å². The van der Waals surface area contributed by atoms with Crippen LogP contribution in [0, 0.1) is 0 Å². The van der Waals surface area contributed by atoms with Gasteiger partial charge in [-0.25, -0.2) is 0 Å². The minimum absolute atomic E-state index is 0.0947. The fourth-order valence-corrected chi connectivity index (χ4v) is 2.39. The highest BCUT2D eigenvalue weighted by Gasteiger charge is 2.14. The molecule has 1 atom stereocenters. The molecule has 16 heavy (non-hydrogen) atoms. The van der Waals surface area contributed by atoms with Crippen LogP contribution in [0.4, 0.5) is 0 Å². The molecule has 0 amide bonds. The summed E-state index contributed by atoms with van der Waals surface area (Å²) in [6, 6.07) is 11.9. The zero-order valence-corrected chi connectivity index (χ0v) is 10.0. The number of nitrogens with two attached hydrogens (primary N) is 1. The molecule has 2 nitrogen and oxygen atoms in total. The predicted molar refractivity (Wildman–Crippen MR) is 68.0 cm³/mol. The Kier molecular flexibility index (Phi) is 3.59. The van der Waals surface area contributed by atoms with Gasteiger partial charge in [0.2, 0.25) is 0 Å². The molecule has 0 bridgehead atoms. The van der Waals surface area contributed by atoms with E-state index < -0.39 is 0 Å². The molecule has 0 aliphatic rings. The van der Waals surface area contributed by atoms with Gasteiger partial charge in [0, 0.05) is 10.4 Å². The van der Waals surface area contributed by atoms with E-state index in [9.17, 15) is 0 Å².